The third-order valence-electron chi connectivity index (χ3n) is 5.61. The molecular formula is C25H30Cl2N8O2. The summed E-state index contributed by atoms with van der Waals surface area (Å²) >= 11 is 12.4. The number of nitrogens with zero attached hydrogens (tertiary/aromatic N) is 6. The van der Waals surface area contributed by atoms with Gasteiger partial charge in [0.1, 0.15) is 12.4 Å². The number of amides is 1. The van der Waals surface area contributed by atoms with Gasteiger partial charge in [0.15, 0.2) is 0 Å². The number of nitrogens with two attached hydrogens (primary N) is 1. The first kappa shape index (κ1) is 28.2. The van der Waals surface area contributed by atoms with E-state index in [-0.39, 0.29) is 25.0 Å². The predicted octanol–water partition coefficient (Wildman–Crippen LogP) is 3.08. The summed E-state index contributed by atoms with van der Waals surface area (Å²) in [5.74, 6) is 0.647. The lowest BCUT2D eigenvalue weighted by Gasteiger charge is -2.29. The fraction of sp³-hybridized carbons (Fsp3) is 0.360. The first-order chi connectivity index (χ1) is 17.8. The number of nitrogens with one attached hydrogen (secondary N) is 1. The first-order valence-electron chi connectivity index (χ1n) is 11.7. The van der Waals surface area contributed by atoms with Gasteiger partial charge < -0.3 is 25.6 Å². The van der Waals surface area contributed by atoms with Crippen molar-refractivity contribution in [3.63, 3.8) is 0 Å². The highest BCUT2D eigenvalue weighted by Crippen LogP contribution is 2.27. The first-order valence-corrected chi connectivity index (χ1v) is 12.4. The van der Waals surface area contributed by atoms with Crippen molar-refractivity contribution in [1.29, 1.82) is 5.26 Å². The lowest BCUT2D eigenvalue weighted by Crippen LogP contribution is -2.49. The molecule has 1 aliphatic rings. The van der Waals surface area contributed by atoms with Gasteiger partial charge in [0.25, 0.3) is 0 Å². The van der Waals surface area contributed by atoms with E-state index in [2.05, 4.69) is 10.3 Å². The van der Waals surface area contributed by atoms with Gasteiger partial charge in [-0.3, -0.25) is 4.79 Å². The Morgan fingerprint density at radius 3 is 2.73 bits per heavy atom. The monoisotopic (exact) mass is 544 g/mol. The highest BCUT2D eigenvalue weighted by atomic mass is 35.5. The van der Waals surface area contributed by atoms with E-state index in [0.717, 1.165) is 6.54 Å². The van der Waals surface area contributed by atoms with Crippen LogP contribution in [0.3, 0.4) is 0 Å². The van der Waals surface area contributed by atoms with E-state index in [1.807, 2.05) is 56.4 Å². The van der Waals surface area contributed by atoms with Gasteiger partial charge >= 0.3 is 0 Å². The largest absolute Gasteiger partial charge is 0.492 e. The third-order valence-corrected chi connectivity index (χ3v) is 6.35. The van der Waals surface area contributed by atoms with Crippen LogP contribution in [0.15, 0.2) is 52.6 Å². The second-order valence-corrected chi connectivity index (χ2v) is 9.25. The van der Waals surface area contributed by atoms with E-state index >= 15 is 0 Å². The lowest BCUT2D eigenvalue weighted by molar-refractivity contribution is -0.130. The Kier molecular flexibility index (Phi) is 10.1. The molecule has 1 unspecified atom stereocenters. The molecule has 1 amide bonds. The Morgan fingerprint density at radius 2 is 2.08 bits per heavy atom. The van der Waals surface area contributed by atoms with Crippen LogP contribution >= 0.6 is 23.2 Å². The average Bonchev–Trinajstić information content (AvgIpc) is 3.31. The zero-order chi connectivity index (χ0) is 26.9. The number of aliphatic imine (C=N–C) groups is 1. The van der Waals surface area contributed by atoms with E-state index in [1.54, 1.807) is 28.1 Å². The van der Waals surface area contributed by atoms with Crippen molar-refractivity contribution in [3.8, 4) is 11.9 Å². The third kappa shape index (κ3) is 7.33. The van der Waals surface area contributed by atoms with Crippen molar-refractivity contribution >= 4 is 46.5 Å². The van der Waals surface area contributed by atoms with Gasteiger partial charge in [-0.05, 0) is 45.3 Å². The molecule has 1 heterocycles. The summed E-state index contributed by atoms with van der Waals surface area (Å²) in [6.45, 7) is 3.70. The van der Waals surface area contributed by atoms with Crippen molar-refractivity contribution in [1.82, 2.24) is 14.8 Å². The second kappa shape index (κ2) is 13.3. The number of nitriles is 1. The van der Waals surface area contributed by atoms with Gasteiger partial charge in [-0.2, -0.15) is 10.4 Å². The molecule has 0 bridgehead atoms. The molecule has 3 N–H and O–H groups in total. The Morgan fingerprint density at radius 1 is 1.30 bits per heavy atom. The molecule has 0 saturated carbocycles. The Bertz CT molecular complexity index is 1210. The summed E-state index contributed by atoms with van der Waals surface area (Å²) in [5, 5.41) is 19.6. The fourth-order valence-electron chi connectivity index (χ4n) is 3.80. The number of hydrogen-bond donors (Lipinski definition) is 2. The summed E-state index contributed by atoms with van der Waals surface area (Å²) in [7, 11) is 3.95. The van der Waals surface area contributed by atoms with Gasteiger partial charge in [-0.25, -0.2) is 5.01 Å². The Hall–Kier alpha value is -3.36. The number of ether oxygens (including phenoxy) is 1. The number of guanidine groups is 1. The standard InChI is InChI=1S/C25H30Cl2N8O2/c1-4-34(23(36)14-28)22-15-35(32-24(22)17-8-9-20(26)21(27)12-17)25(30-16-29)31-18-6-5-7-19(13-18)37-11-10-33(2)3/h5-9,12-13,22H,4,10-11,14-15,28H2,1-3H3,(H,30,31). The zero-order valence-electron chi connectivity index (χ0n) is 21.0. The minimum absolute atomic E-state index is 0.142. The molecule has 3 rings (SSSR count). The van der Waals surface area contributed by atoms with Crippen molar-refractivity contribution in [2.24, 2.45) is 15.8 Å². The zero-order valence-corrected chi connectivity index (χ0v) is 22.5. The summed E-state index contributed by atoms with van der Waals surface area (Å²) in [5.41, 5.74) is 7.61. The molecule has 10 nitrogen and oxygen atoms in total. The van der Waals surface area contributed by atoms with E-state index in [9.17, 15) is 10.1 Å². The van der Waals surface area contributed by atoms with E-state index < -0.39 is 6.04 Å². The summed E-state index contributed by atoms with van der Waals surface area (Å²) in [4.78, 5) is 20.3. The number of benzene rings is 2. The minimum Gasteiger partial charge on any atom is -0.492 e. The second-order valence-electron chi connectivity index (χ2n) is 8.44. The molecule has 1 atom stereocenters. The van der Waals surface area contributed by atoms with Crippen LogP contribution in [0.1, 0.15) is 12.5 Å². The highest BCUT2D eigenvalue weighted by molar-refractivity contribution is 6.42. The molecule has 1 aliphatic heterocycles. The van der Waals surface area contributed by atoms with Crippen LogP contribution in [0.2, 0.25) is 10.0 Å². The van der Waals surface area contributed by atoms with Crippen molar-refractivity contribution in [2.45, 2.75) is 13.0 Å². The maximum Gasteiger partial charge on any atom is 0.236 e. The molecular weight excluding hydrogens is 515 g/mol. The van der Waals surface area contributed by atoms with Gasteiger partial charge in [0, 0.05) is 30.4 Å². The number of likely N-dealkylation sites (N-methyl/N-ethyl adjacent to an activating group) is 2. The molecule has 0 aliphatic carbocycles. The number of anilines is 1. The number of carbonyl (C=O) groups excluding carboxylic acids is 1. The van der Waals surface area contributed by atoms with Crippen LogP contribution in [0.4, 0.5) is 5.69 Å². The van der Waals surface area contributed by atoms with E-state index in [1.165, 1.54) is 0 Å². The van der Waals surface area contributed by atoms with Crippen molar-refractivity contribution in [2.75, 3.05) is 52.2 Å². The maximum absolute atomic E-state index is 12.7. The molecule has 2 aromatic carbocycles. The van der Waals surface area contributed by atoms with Crippen LogP contribution in [-0.4, -0.2) is 85.3 Å². The topological polar surface area (TPSA) is 123 Å². The predicted molar refractivity (Wildman–Crippen MR) is 147 cm³/mol. The van der Waals surface area contributed by atoms with Crippen molar-refractivity contribution < 1.29 is 9.53 Å². The number of hydrazone groups is 1. The van der Waals surface area contributed by atoms with E-state index in [0.29, 0.717) is 45.9 Å². The van der Waals surface area contributed by atoms with Gasteiger partial charge in [0.2, 0.25) is 18.1 Å². The normalized spacial score (nSPS) is 15.4. The number of hydrogen-bond acceptors (Lipinski definition) is 7. The van der Waals surface area contributed by atoms with Crippen LogP contribution in [0.5, 0.6) is 5.75 Å². The van der Waals surface area contributed by atoms with Gasteiger partial charge in [-0.15, -0.1) is 4.99 Å². The molecule has 0 aromatic heterocycles. The molecule has 0 spiro atoms. The van der Waals surface area contributed by atoms with Crippen LogP contribution in [-0.2, 0) is 4.79 Å². The maximum atomic E-state index is 12.7. The van der Waals surface area contributed by atoms with Crippen LogP contribution in [0.25, 0.3) is 0 Å². The molecule has 37 heavy (non-hydrogen) atoms. The summed E-state index contributed by atoms with van der Waals surface area (Å²) in [6.07, 6.45) is 1.83. The van der Waals surface area contributed by atoms with E-state index in [4.69, 9.17) is 38.8 Å². The number of halogens is 2. The molecule has 196 valence electrons. The molecule has 2 aromatic rings. The average molecular weight is 545 g/mol. The smallest absolute Gasteiger partial charge is 0.236 e. The lowest BCUT2D eigenvalue weighted by atomic mass is 10.0. The fourth-order valence-corrected chi connectivity index (χ4v) is 4.10. The molecule has 0 saturated heterocycles. The molecule has 0 fully saturated rings. The number of carbonyl (C=O) groups is 1. The number of rotatable bonds is 9. The quantitative estimate of drug-likeness (QED) is 0.282. The van der Waals surface area contributed by atoms with Crippen molar-refractivity contribution in [3.05, 3.63) is 58.1 Å². The molecule has 0 radical (unpaired) electrons. The Balaban J connectivity index is 1.92. The Labute approximate surface area is 226 Å². The molecule has 12 heteroatoms. The van der Waals surface area contributed by atoms with Crippen LogP contribution in [0, 0.1) is 11.5 Å². The van der Waals surface area contributed by atoms with Gasteiger partial charge in [0.05, 0.1) is 34.9 Å². The van der Waals surface area contributed by atoms with Crippen LogP contribution < -0.4 is 15.8 Å². The highest BCUT2D eigenvalue weighted by Gasteiger charge is 2.36. The van der Waals surface area contributed by atoms with Gasteiger partial charge in [-0.1, -0.05) is 35.3 Å². The minimum atomic E-state index is -0.454. The summed E-state index contributed by atoms with van der Waals surface area (Å²) < 4.78 is 5.82. The SMILES string of the molecule is CCN(C(=O)CN)C1CN(C(=NC#N)Nc2cccc(OCCN(C)C)c2)N=C1c1ccc(Cl)c(Cl)c1. The summed E-state index contributed by atoms with van der Waals surface area (Å²) in [6, 6.07) is 12.0.